The maximum atomic E-state index is 10.9. The number of nitrogens with zero attached hydrogens (tertiary/aromatic N) is 2. The highest BCUT2D eigenvalue weighted by atomic mass is 32.1. The minimum atomic E-state index is -0.950. The molecule has 0 amide bonds. The van der Waals surface area contributed by atoms with Crippen LogP contribution in [0.2, 0.25) is 0 Å². The Labute approximate surface area is 121 Å². The first-order chi connectivity index (χ1) is 9.72. The quantitative estimate of drug-likeness (QED) is 0.887. The van der Waals surface area contributed by atoms with Gasteiger partial charge in [-0.3, -0.25) is 4.90 Å². The molecule has 1 aliphatic rings. The molecule has 2 aromatic rings. The molecule has 5 heteroatoms. The Balaban J connectivity index is 1.69. The molecule has 1 saturated carbocycles. The molecule has 4 nitrogen and oxygen atoms in total. The van der Waals surface area contributed by atoms with Crippen LogP contribution in [0.3, 0.4) is 0 Å². The van der Waals surface area contributed by atoms with Gasteiger partial charge in [-0.25, -0.2) is 9.78 Å². The van der Waals surface area contributed by atoms with Crippen LogP contribution >= 0.6 is 11.3 Å². The van der Waals surface area contributed by atoms with E-state index in [0.29, 0.717) is 6.04 Å². The summed E-state index contributed by atoms with van der Waals surface area (Å²) in [5, 5.41) is 11.4. The number of hydrogen-bond donors (Lipinski definition) is 1. The van der Waals surface area contributed by atoms with E-state index in [1.165, 1.54) is 29.7 Å². The first-order valence-corrected chi connectivity index (χ1v) is 7.56. The summed E-state index contributed by atoms with van der Waals surface area (Å²) in [4.78, 5) is 17.4. The van der Waals surface area contributed by atoms with Gasteiger partial charge >= 0.3 is 5.97 Å². The largest absolute Gasteiger partial charge is 0.476 e. The minimum Gasteiger partial charge on any atom is -0.476 e. The second-order valence-corrected chi connectivity index (χ2v) is 6.00. The molecule has 104 valence electrons. The van der Waals surface area contributed by atoms with Gasteiger partial charge in [0, 0.05) is 18.0 Å². The van der Waals surface area contributed by atoms with Crippen molar-refractivity contribution in [2.75, 3.05) is 0 Å². The number of carbonyl (C=O) groups is 1. The van der Waals surface area contributed by atoms with Crippen molar-refractivity contribution >= 4 is 17.3 Å². The van der Waals surface area contributed by atoms with Crippen LogP contribution in [-0.2, 0) is 13.1 Å². The van der Waals surface area contributed by atoms with Crippen LogP contribution in [0, 0.1) is 0 Å². The molecule has 0 saturated heterocycles. The molecule has 1 aromatic carbocycles. The topological polar surface area (TPSA) is 53.4 Å². The standard InChI is InChI=1S/C15H16N2O2S/c18-15(19)13-10-20-14(16-13)9-17(12-6-7-12)8-11-4-2-1-3-5-11/h1-5,10,12H,6-9H2,(H,18,19). The highest BCUT2D eigenvalue weighted by Crippen LogP contribution is 2.30. The zero-order valence-electron chi connectivity index (χ0n) is 11.0. The number of carboxylic acid groups (broad SMARTS) is 1. The summed E-state index contributed by atoms with van der Waals surface area (Å²) in [6, 6.07) is 11.0. The Morgan fingerprint density at radius 2 is 2.05 bits per heavy atom. The molecule has 1 aliphatic carbocycles. The zero-order valence-corrected chi connectivity index (χ0v) is 11.8. The first kappa shape index (κ1) is 13.3. The van der Waals surface area contributed by atoms with E-state index in [9.17, 15) is 4.79 Å². The van der Waals surface area contributed by atoms with Crippen molar-refractivity contribution in [1.82, 2.24) is 9.88 Å². The number of benzene rings is 1. The van der Waals surface area contributed by atoms with E-state index in [-0.39, 0.29) is 5.69 Å². The molecule has 0 unspecified atom stereocenters. The number of rotatable bonds is 6. The molecule has 0 bridgehead atoms. The van der Waals surface area contributed by atoms with Gasteiger partial charge < -0.3 is 5.11 Å². The van der Waals surface area contributed by atoms with Crippen LogP contribution in [0.5, 0.6) is 0 Å². The highest BCUT2D eigenvalue weighted by molar-refractivity contribution is 7.09. The van der Waals surface area contributed by atoms with Gasteiger partial charge in [-0.1, -0.05) is 30.3 Å². The number of carboxylic acids is 1. The number of thiazole rings is 1. The SMILES string of the molecule is O=C(O)c1csc(CN(Cc2ccccc2)C2CC2)n1. The summed E-state index contributed by atoms with van der Waals surface area (Å²) >= 11 is 1.43. The van der Waals surface area contributed by atoms with Gasteiger partial charge in [-0.15, -0.1) is 11.3 Å². The Morgan fingerprint density at radius 3 is 2.65 bits per heavy atom. The third-order valence-corrected chi connectivity index (χ3v) is 4.23. The first-order valence-electron chi connectivity index (χ1n) is 6.68. The minimum absolute atomic E-state index is 0.153. The Bertz CT molecular complexity index is 593. The fourth-order valence-corrected chi connectivity index (χ4v) is 3.02. The maximum Gasteiger partial charge on any atom is 0.355 e. The van der Waals surface area contributed by atoms with Crippen LogP contribution in [0.25, 0.3) is 0 Å². The molecule has 1 fully saturated rings. The van der Waals surface area contributed by atoms with Crippen LogP contribution in [0.15, 0.2) is 35.7 Å². The van der Waals surface area contributed by atoms with E-state index in [0.717, 1.165) is 18.1 Å². The zero-order chi connectivity index (χ0) is 13.9. The van der Waals surface area contributed by atoms with Gasteiger partial charge in [0.15, 0.2) is 5.69 Å². The molecule has 0 atom stereocenters. The van der Waals surface area contributed by atoms with Gasteiger partial charge in [-0.2, -0.15) is 0 Å². The average Bonchev–Trinajstić information content (AvgIpc) is 3.19. The van der Waals surface area contributed by atoms with E-state index < -0.39 is 5.97 Å². The van der Waals surface area contributed by atoms with Crippen molar-refractivity contribution in [3.63, 3.8) is 0 Å². The lowest BCUT2D eigenvalue weighted by Gasteiger charge is -2.20. The van der Waals surface area contributed by atoms with Crippen molar-refractivity contribution < 1.29 is 9.90 Å². The highest BCUT2D eigenvalue weighted by Gasteiger charge is 2.29. The van der Waals surface area contributed by atoms with E-state index in [1.54, 1.807) is 5.38 Å². The van der Waals surface area contributed by atoms with Crippen LogP contribution in [0.4, 0.5) is 0 Å². The second-order valence-electron chi connectivity index (χ2n) is 5.05. The van der Waals surface area contributed by atoms with Gasteiger partial charge in [0.1, 0.15) is 5.01 Å². The summed E-state index contributed by atoms with van der Waals surface area (Å²) in [5.74, 6) is -0.950. The summed E-state index contributed by atoms with van der Waals surface area (Å²) in [7, 11) is 0. The fourth-order valence-electron chi connectivity index (χ4n) is 2.23. The fraction of sp³-hybridized carbons (Fsp3) is 0.333. The third-order valence-electron chi connectivity index (χ3n) is 3.40. The predicted octanol–water partition coefficient (Wildman–Crippen LogP) is 3.01. The molecule has 0 spiro atoms. The van der Waals surface area contributed by atoms with Gasteiger partial charge in [0.2, 0.25) is 0 Å². The number of aromatic carboxylic acids is 1. The van der Waals surface area contributed by atoms with Crippen molar-refractivity contribution in [2.45, 2.75) is 32.0 Å². The van der Waals surface area contributed by atoms with Crippen molar-refractivity contribution in [3.8, 4) is 0 Å². The Kier molecular flexibility index (Phi) is 3.80. The molecule has 3 rings (SSSR count). The summed E-state index contributed by atoms with van der Waals surface area (Å²) in [5.41, 5.74) is 1.44. The monoisotopic (exact) mass is 288 g/mol. The van der Waals surface area contributed by atoms with E-state index in [2.05, 4.69) is 22.0 Å². The van der Waals surface area contributed by atoms with Gasteiger partial charge in [0.25, 0.3) is 0 Å². The molecule has 1 aromatic heterocycles. The number of aromatic nitrogens is 1. The van der Waals surface area contributed by atoms with Crippen LogP contribution < -0.4 is 0 Å². The van der Waals surface area contributed by atoms with E-state index >= 15 is 0 Å². The molecule has 1 N–H and O–H groups in total. The summed E-state index contributed by atoms with van der Waals surface area (Å²) < 4.78 is 0. The van der Waals surface area contributed by atoms with Crippen molar-refractivity contribution in [3.05, 3.63) is 52.0 Å². The van der Waals surface area contributed by atoms with Gasteiger partial charge in [-0.05, 0) is 18.4 Å². The molecular weight excluding hydrogens is 272 g/mol. The smallest absolute Gasteiger partial charge is 0.355 e. The lowest BCUT2D eigenvalue weighted by atomic mass is 10.2. The van der Waals surface area contributed by atoms with Crippen molar-refractivity contribution in [1.29, 1.82) is 0 Å². The summed E-state index contributed by atoms with van der Waals surface area (Å²) in [6.07, 6.45) is 2.45. The normalized spacial score (nSPS) is 14.7. The number of hydrogen-bond acceptors (Lipinski definition) is 4. The lowest BCUT2D eigenvalue weighted by Crippen LogP contribution is -2.25. The molecule has 0 radical (unpaired) electrons. The predicted molar refractivity (Wildman–Crippen MR) is 77.8 cm³/mol. The van der Waals surface area contributed by atoms with E-state index in [1.807, 2.05) is 18.2 Å². The summed E-state index contributed by atoms with van der Waals surface area (Å²) in [6.45, 7) is 1.63. The van der Waals surface area contributed by atoms with Crippen LogP contribution in [-0.4, -0.2) is 27.0 Å². The molecule has 20 heavy (non-hydrogen) atoms. The average molecular weight is 288 g/mol. The molecule has 0 aliphatic heterocycles. The maximum absolute atomic E-state index is 10.9. The lowest BCUT2D eigenvalue weighted by molar-refractivity contribution is 0.0691. The van der Waals surface area contributed by atoms with E-state index in [4.69, 9.17) is 5.11 Å². The van der Waals surface area contributed by atoms with Crippen LogP contribution in [0.1, 0.15) is 33.9 Å². The van der Waals surface area contributed by atoms with Crippen molar-refractivity contribution in [2.24, 2.45) is 0 Å². The molecular formula is C15H16N2O2S. The Hall–Kier alpha value is -1.72. The van der Waals surface area contributed by atoms with Gasteiger partial charge in [0.05, 0.1) is 6.54 Å². The Morgan fingerprint density at radius 1 is 1.30 bits per heavy atom. The molecule has 1 heterocycles. The second kappa shape index (κ2) is 5.73. The third kappa shape index (κ3) is 3.23.